The number of benzene rings is 1. The summed E-state index contributed by atoms with van der Waals surface area (Å²) in [6.07, 6.45) is 3.84. The summed E-state index contributed by atoms with van der Waals surface area (Å²) < 4.78 is 5.16. The van der Waals surface area contributed by atoms with Crippen LogP contribution in [0.15, 0.2) is 30.3 Å². The molecule has 0 unspecified atom stereocenters. The minimum atomic E-state index is -0.978. The van der Waals surface area contributed by atoms with Gasteiger partial charge in [0.05, 0.1) is 0 Å². The number of carboxylic acids is 1. The predicted octanol–water partition coefficient (Wildman–Crippen LogP) is 1.38. The van der Waals surface area contributed by atoms with Gasteiger partial charge in [-0.25, -0.2) is 4.79 Å². The minimum absolute atomic E-state index is 0.323. The van der Waals surface area contributed by atoms with Crippen LogP contribution in [0.2, 0.25) is 0 Å². The number of carboxylic acid groups (broad SMARTS) is 1. The average molecular weight is 221 g/mol. The standard InChI is InChI=1S/C12H15NO3/c1-13-8-4-6-10-5-2-3-7-11(10)16-9-12(14)15/h2-7,13H,8-9H2,1H3,(H,14,15). The molecule has 0 radical (unpaired) electrons. The van der Waals surface area contributed by atoms with Gasteiger partial charge < -0.3 is 15.2 Å². The summed E-state index contributed by atoms with van der Waals surface area (Å²) in [6, 6.07) is 7.32. The van der Waals surface area contributed by atoms with Crippen molar-refractivity contribution in [3.8, 4) is 5.75 Å². The van der Waals surface area contributed by atoms with Crippen molar-refractivity contribution in [1.82, 2.24) is 5.32 Å². The van der Waals surface area contributed by atoms with E-state index in [0.717, 1.165) is 12.1 Å². The Hall–Kier alpha value is -1.81. The van der Waals surface area contributed by atoms with Gasteiger partial charge in [-0.1, -0.05) is 30.4 Å². The van der Waals surface area contributed by atoms with Crippen LogP contribution in [0.4, 0.5) is 0 Å². The molecule has 2 N–H and O–H groups in total. The van der Waals surface area contributed by atoms with Gasteiger partial charge in [0.25, 0.3) is 0 Å². The Labute approximate surface area is 94.6 Å². The molecule has 0 amide bonds. The lowest BCUT2D eigenvalue weighted by Gasteiger charge is -2.06. The van der Waals surface area contributed by atoms with Crippen molar-refractivity contribution in [2.24, 2.45) is 0 Å². The number of nitrogens with one attached hydrogen (secondary N) is 1. The van der Waals surface area contributed by atoms with Crippen molar-refractivity contribution in [2.75, 3.05) is 20.2 Å². The number of hydrogen-bond acceptors (Lipinski definition) is 3. The smallest absolute Gasteiger partial charge is 0.341 e. The lowest BCUT2D eigenvalue weighted by atomic mass is 10.2. The molecule has 0 aliphatic carbocycles. The second kappa shape index (κ2) is 6.63. The Morgan fingerprint density at radius 3 is 2.94 bits per heavy atom. The number of para-hydroxylation sites is 1. The Bertz CT molecular complexity index is 374. The largest absolute Gasteiger partial charge is 0.481 e. The van der Waals surface area contributed by atoms with Gasteiger partial charge in [0.1, 0.15) is 5.75 Å². The van der Waals surface area contributed by atoms with Crippen LogP contribution >= 0.6 is 0 Å². The summed E-state index contributed by atoms with van der Waals surface area (Å²) in [5.74, 6) is -0.397. The molecule has 4 nitrogen and oxygen atoms in total. The molecule has 86 valence electrons. The third kappa shape index (κ3) is 4.14. The van der Waals surface area contributed by atoms with E-state index >= 15 is 0 Å². The number of hydrogen-bond donors (Lipinski definition) is 2. The molecule has 0 aliphatic rings. The Balaban J connectivity index is 2.71. The molecule has 0 aromatic heterocycles. The van der Waals surface area contributed by atoms with E-state index in [9.17, 15) is 4.79 Å². The van der Waals surface area contributed by atoms with Crippen molar-refractivity contribution >= 4 is 12.0 Å². The van der Waals surface area contributed by atoms with Crippen LogP contribution < -0.4 is 10.1 Å². The first-order chi connectivity index (χ1) is 7.74. The zero-order valence-corrected chi connectivity index (χ0v) is 9.14. The average Bonchev–Trinajstić information content (AvgIpc) is 2.28. The first kappa shape index (κ1) is 12.3. The van der Waals surface area contributed by atoms with Gasteiger partial charge in [0.15, 0.2) is 6.61 Å². The highest BCUT2D eigenvalue weighted by Gasteiger charge is 2.02. The lowest BCUT2D eigenvalue weighted by Crippen LogP contribution is -2.10. The van der Waals surface area contributed by atoms with Gasteiger partial charge in [-0.3, -0.25) is 0 Å². The summed E-state index contributed by atoms with van der Waals surface area (Å²) in [4.78, 5) is 10.4. The molecular weight excluding hydrogens is 206 g/mol. The highest BCUT2D eigenvalue weighted by molar-refractivity contribution is 5.69. The third-order valence-corrected chi connectivity index (χ3v) is 1.89. The maximum Gasteiger partial charge on any atom is 0.341 e. The molecule has 0 saturated carbocycles. The molecule has 0 aliphatic heterocycles. The van der Waals surface area contributed by atoms with E-state index in [-0.39, 0.29) is 6.61 Å². The fourth-order valence-electron chi connectivity index (χ4n) is 1.19. The molecule has 1 rings (SSSR count). The molecule has 0 spiro atoms. The third-order valence-electron chi connectivity index (χ3n) is 1.89. The van der Waals surface area contributed by atoms with E-state index in [1.54, 1.807) is 6.07 Å². The first-order valence-corrected chi connectivity index (χ1v) is 4.99. The quantitative estimate of drug-likeness (QED) is 0.762. The topological polar surface area (TPSA) is 58.6 Å². The van der Waals surface area contributed by atoms with Crippen molar-refractivity contribution in [1.29, 1.82) is 0 Å². The lowest BCUT2D eigenvalue weighted by molar-refractivity contribution is -0.139. The van der Waals surface area contributed by atoms with Crippen molar-refractivity contribution < 1.29 is 14.6 Å². The SMILES string of the molecule is CNCC=Cc1ccccc1OCC(=O)O. The van der Waals surface area contributed by atoms with Gasteiger partial charge in [-0.05, 0) is 13.1 Å². The predicted molar refractivity (Wildman–Crippen MR) is 62.5 cm³/mol. The van der Waals surface area contributed by atoms with Crippen LogP contribution in [0.5, 0.6) is 5.75 Å². The molecule has 0 bridgehead atoms. The maximum atomic E-state index is 10.4. The van der Waals surface area contributed by atoms with Crippen molar-refractivity contribution in [3.05, 3.63) is 35.9 Å². The summed E-state index contributed by atoms with van der Waals surface area (Å²) in [5.41, 5.74) is 0.874. The van der Waals surface area contributed by atoms with Gasteiger partial charge in [0, 0.05) is 12.1 Å². The van der Waals surface area contributed by atoms with Crippen LogP contribution in [-0.4, -0.2) is 31.3 Å². The first-order valence-electron chi connectivity index (χ1n) is 4.99. The fraction of sp³-hybridized carbons (Fsp3) is 0.250. The van der Waals surface area contributed by atoms with E-state index in [1.807, 2.05) is 37.4 Å². The van der Waals surface area contributed by atoms with E-state index in [4.69, 9.17) is 9.84 Å². The highest BCUT2D eigenvalue weighted by Crippen LogP contribution is 2.19. The Kier molecular flexibility index (Phi) is 5.08. The molecule has 1 aromatic rings. The highest BCUT2D eigenvalue weighted by atomic mass is 16.5. The molecule has 1 aromatic carbocycles. The number of aliphatic carboxylic acids is 1. The maximum absolute atomic E-state index is 10.4. The molecule has 16 heavy (non-hydrogen) atoms. The molecular formula is C12H15NO3. The molecule has 0 atom stereocenters. The van der Waals surface area contributed by atoms with E-state index in [2.05, 4.69) is 5.32 Å². The van der Waals surface area contributed by atoms with Crippen LogP contribution in [0, 0.1) is 0 Å². The summed E-state index contributed by atoms with van der Waals surface area (Å²) in [7, 11) is 1.86. The van der Waals surface area contributed by atoms with Gasteiger partial charge >= 0.3 is 5.97 Å². The normalized spacial score (nSPS) is 10.6. The number of likely N-dealkylation sites (N-methyl/N-ethyl adjacent to an activating group) is 1. The second-order valence-electron chi connectivity index (χ2n) is 3.18. The Morgan fingerprint density at radius 2 is 2.25 bits per heavy atom. The van der Waals surface area contributed by atoms with Crippen LogP contribution in [-0.2, 0) is 4.79 Å². The van der Waals surface area contributed by atoms with Crippen molar-refractivity contribution in [2.45, 2.75) is 0 Å². The molecule has 0 heterocycles. The monoisotopic (exact) mass is 221 g/mol. The summed E-state index contributed by atoms with van der Waals surface area (Å²) in [6.45, 7) is 0.435. The van der Waals surface area contributed by atoms with E-state index in [0.29, 0.717) is 5.75 Å². The van der Waals surface area contributed by atoms with Crippen LogP contribution in [0.25, 0.3) is 6.08 Å². The zero-order chi connectivity index (χ0) is 11.8. The van der Waals surface area contributed by atoms with Crippen LogP contribution in [0.3, 0.4) is 0 Å². The summed E-state index contributed by atoms with van der Waals surface area (Å²) in [5, 5.41) is 11.5. The fourth-order valence-corrected chi connectivity index (χ4v) is 1.19. The van der Waals surface area contributed by atoms with Crippen LogP contribution in [0.1, 0.15) is 5.56 Å². The van der Waals surface area contributed by atoms with E-state index < -0.39 is 5.97 Å². The molecule has 0 fully saturated rings. The van der Waals surface area contributed by atoms with E-state index in [1.165, 1.54) is 0 Å². The van der Waals surface area contributed by atoms with Gasteiger partial charge in [0.2, 0.25) is 0 Å². The zero-order valence-electron chi connectivity index (χ0n) is 9.14. The number of ether oxygens (including phenoxy) is 1. The second-order valence-corrected chi connectivity index (χ2v) is 3.18. The van der Waals surface area contributed by atoms with Gasteiger partial charge in [-0.2, -0.15) is 0 Å². The minimum Gasteiger partial charge on any atom is -0.481 e. The van der Waals surface area contributed by atoms with Crippen molar-refractivity contribution in [3.63, 3.8) is 0 Å². The molecule has 4 heteroatoms. The molecule has 0 saturated heterocycles. The number of carbonyl (C=O) groups is 1. The van der Waals surface area contributed by atoms with Gasteiger partial charge in [-0.15, -0.1) is 0 Å². The number of rotatable bonds is 6. The Morgan fingerprint density at radius 1 is 1.50 bits per heavy atom. The summed E-state index contributed by atoms with van der Waals surface area (Å²) >= 11 is 0.